The lowest BCUT2D eigenvalue weighted by Crippen LogP contribution is -1.96. The highest BCUT2D eigenvalue weighted by atomic mass is 79.9. The molecule has 0 fully saturated rings. The van der Waals surface area contributed by atoms with Crippen molar-refractivity contribution in [3.63, 3.8) is 0 Å². The van der Waals surface area contributed by atoms with Gasteiger partial charge in [0.1, 0.15) is 11.9 Å². The molecule has 1 N–H and O–H groups in total. The Morgan fingerprint density at radius 2 is 2.11 bits per heavy atom. The zero-order valence-corrected chi connectivity index (χ0v) is 11.4. The van der Waals surface area contributed by atoms with Gasteiger partial charge in [-0.2, -0.15) is 0 Å². The number of benzene rings is 1. The van der Waals surface area contributed by atoms with Crippen molar-refractivity contribution in [1.29, 1.82) is 0 Å². The van der Waals surface area contributed by atoms with Gasteiger partial charge in [-0.05, 0) is 34.1 Å². The van der Waals surface area contributed by atoms with Crippen molar-refractivity contribution in [3.05, 3.63) is 57.6 Å². The smallest absolute Gasteiger partial charge is 0.175 e. The highest BCUT2D eigenvalue weighted by Crippen LogP contribution is 2.34. The predicted octanol–water partition coefficient (Wildman–Crippen LogP) is 4.52. The zero-order chi connectivity index (χ0) is 12.7. The van der Waals surface area contributed by atoms with Gasteiger partial charge in [-0.1, -0.05) is 23.7 Å². The summed E-state index contributed by atoms with van der Waals surface area (Å²) in [5.74, 6) is 0.431. The van der Waals surface area contributed by atoms with E-state index in [0.29, 0.717) is 26.6 Å². The largest absolute Gasteiger partial charge is 0.457 e. The third-order valence-corrected chi connectivity index (χ3v) is 3.67. The van der Waals surface area contributed by atoms with Crippen molar-refractivity contribution in [2.45, 2.75) is 6.10 Å². The summed E-state index contributed by atoms with van der Waals surface area (Å²) in [4.78, 5) is 0. The van der Waals surface area contributed by atoms with Gasteiger partial charge in [-0.3, -0.25) is 0 Å². The number of hydrogen-bond acceptors (Lipinski definition) is 3. The van der Waals surface area contributed by atoms with E-state index in [4.69, 9.17) is 20.4 Å². The topological polar surface area (TPSA) is 46.5 Å². The number of aliphatic hydroxyl groups excluding tert-OH is 1. The summed E-state index contributed by atoms with van der Waals surface area (Å²) in [6.07, 6.45) is 0.611. The first-order chi connectivity index (χ1) is 8.66. The van der Waals surface area contributed by atoms with Crippen molar-refractivity contribution in [3.8, 4) is 0 Å². The summed E-state index contributed by atoms with van der Waals surface area (Å²) >= 11 is 9.26. The van der Waals surface area contributed by atoms with Gasteiger partial charge in [0.05, 0.1) is 11.3 Å². The molecule has 0 saturated heterocycles. The van der Waals surface area contributed by atoms with Crippen molar-refractivity contribution < 1.29 is 13.9 Å². The first-order valence-electron chi connectivity index (χ1n) is 5.25. The summed E-state index contributed by atoms with van der Waals surface area (Å²) in [6, 6.07) is 8.92. The first-order valence-corrected chi connectivity index (χ1v) is 6.43. The van der Waals surface area contributed by atoms with Crippen LogP contribution >= 0.6 is 27.5 Å². The maximum Gasteiger partial charge on any atom is 0.175 e. The Morgan fingerprint density at radius 3 is 2.78 bits per heavy atom. The lowest BCUT2D eigenvalue weighted by atomic mass is 10.1. The van der Waals surface area contributed by atoms with E-state index < -0.39 is 6.10 Å². The van der Waals surface area contributed by atoms with E-state index >= 15 is 0 Å². The molecule has 0 aliphatic carbocycles. The molecule has 0 saturated carbocycles. The molecular weight excluding hydrogens is 319 g/mol. The van der Waals surface area contributed by atoms with Crippen LogP contribution in [0.1, 0.15) is 17.4 Å². The van der Waals surface area contributed by atoms with Crippen LogP contribution in [0.3, 0.4) is 0 Å². The Kier molecular flexibility index (Phi) is 2.93. The normalized spacial score (nSPS) is 13.1. The van der Waals surface area contributed by atoms with E-state index in [-0.39, 0.29) is 0 Å². The number of furan rings is 2. The summed E-state index contributed by atoms with van der Waals surface area (Å²) in [5, 5.41) is 11.6. The van der Waals surface area contributed by atoms with Crippen molar-refractivity contribution in [2.24, 2.45) is 0 Å². The SMILES string of the molecule is OC(c1cc2cccc(Cl)c2o1)c1ccoc1Br. The fourth-order valence-electron chi connectivity index (χ4n) is 1.83. The number of halogens is 2. The van der Waals surface area contributed by atoms with Gasteiger partial charge >= 0.3 is 0 Å². The van der Waals surface area contributed by atoms with Crippen LogP contribution in [0.5, 0.6) is 0 Å². The molecule has 2 heterocycles. The third kappa shape index (κ3) is 1.86. The standard InChI is InChI=1S/C13H8BrClO3/c14-13-8(4-5-17-13)11(16)10-6-7-2-1-3-9(15)12(7)18-10/h1-6,11,16H. The van der Waals surface area contributed by atoms with E-state index in [1.807, 2.05) is 12.1 Å². The number of hydrogen-bond donors (Lipinski definition) is 1. The van der Waals surface area contributed by atoms with Crippen molar-refractivity contribution in [1.82, 2.24) is 0 Å². The number of para-hydroxylation sites is 1. The zero-order valence-electron chi connectivity index (χ0n) is 9.06. The molecule has 0 amide bonds. The number of rotatable bonds is 2. The molecule has 3 nitrogen and oxygen atoms in total. The molecule has 0 bridgehead atoms. The Bertz CT molecular complexity index is 701. The van der Waals surface area contributed by atoms with E-state index in [9.17, 15) is 5.11 Å². The second-order valence-corrected chi connectivity index (χ2v) is 4.99. The van der Waals surface area contributed by atoms with Crippen LogP contribution < -0.4 is 0 Å². The Morgan fingerprint density at radius 1 is 1.28 bits per heavy atom. The van der Waals surface area contributed by atoms with E-state index in [1.165, 1.54) is 6.26 Å². The molecule has 18 heavy (non-hydrogen) atoms. The molecule has 0 aliphatic rings. The van der Waals surface area contributed by atoms with Crippen LogP contribution in [-0.4, -0.2) is 5.11 Å². The van der Waals surface area contributed by atoms with Crippen LogP contribution in [0.2, 0.25) is 5.02 Å². The fourth-order valence-corrected chi connectivity index (χ4v) is 2.51. The van der Waals surface area contributed by atoms with Crippen molar-refractivity contribution >= 4 is 38.5 Å². The first kappa shape index (κ1) is 11.8. The van der Waals surface area contributed by atoms with Gasteiger partial charge in [0.25, 0.3) is 0 Å². The average Bonchev–Trinajstić information content (AvgIpc) is 2.95. The lowest BCUT2D eigenvalue weighted by molar-refractivity contribution is 0.190. The molecule has 0 radical (unpaired) electrons. The van der Waals surface area contributed by atoms with Gasteiger partial charge in [-0.15, -0.1) is 0 Å². The fraction of sp³-hybridized carbons (Fsp3) is 0.0769. The van der Waals surface area contributed by atoms with Crippen LogP contribution in [0.25, 0.3) is 11.0 Å². The van der Waals surface area contributed by atoms with Gasteiger partial charge < -0.3 is 13.9 Å². The van der Waals surface area contributed by atoms with Crippen molar-refractivity contribution in [2.75, 3.05) is 0 Å². The number of fused-ring (bicyclic) bond motifs is 1. The maximum atomic E-state index is 10.2. The summed E-state index contributed by atoms with van der Waals surface area (Å²) in [5.41, 5.74) is 1.19. The van der Waals surface area contributed by atoms with Gasteiger partial charge in [0.2, 0.25) is 0 Å². The predicted molar refractivity (Wildman–Crippen MR) is 71.7 cm³/mol. The Balaban J connectivity index is 2.10. The summed E-state index contributed by atoms with van der Waals surface area (Å²) in [6.45, 7) is 0. The Hall–Kier alpha value is -1.23. The second-order valence-electron chi connectivity index (χ2n) is 3.86. The monoisotopic (exact) mass is 326 g/mol. The van der Waals surface area contributed by atoms with Gasteiger partial charge in [-0.25, -0.2) is 0 Å². The van der Waals surface area contributed by atoms with Gasteiger partial charge in [0.15, 0.2) is 10.3 Å². The van der Waals surface area contributed by atoms with Crippen LogP contribution in [0.15, 0.2) is 50.1 Å². The molecular formula is C13H8BrClO3. The lowest BCUT2D eigenvalue weighted by Gasteiger charge is -2.04. The molecule has 3 rings (SSSR count). The quantitative estimate of drug-likeness (QED) is 0.752. The second kappa shape index (κ2) is 4.46. The minimum Gasteiger partial charge on any atom is -0.457 e. The average molecular weight is 328 g/mol. The molecule has 1 unspecified atom stereocenters. The minimum absolute atomic E-state index is 0.431. The third-order valence-electron chi connectivity index (χ3n) is 2.73. The molecule has 2 aromatic heterocycles. The molecule has 5 heteroatoms. The maximum absolute atomic E-state index is 10.2. The van der Waals surface area contributed by atoms with Crippen LogP contribution in [0, 0.1) is 0 Å². The number of aliphatic hydroxyl groups is 1. The molecule has 3 aromatic rings. The summed E-state index contributed by atoms with van der Waals surface area (Å²) in [7, 11) is 0. The Labute approximate surface area is 116 Å². The summed E-state index contributed by atoms with van der Waals surface area (Å²) < 4.78 is 11.2. The van der Waals surface area contributed by atoms with E-state index in [1.54, 1.807) is 18.2 Å². The molecule has 0 spiro atoms. The highest BCUT2D eigenvalue weighted by Gasteiger charge is 2.20. The van der Waals surface area contributed by atoms with E-state index in [2.05, 4.69) is 15.9 Å². The van der Waals surface area contributed by atoms with Crippen LogP contribution in [-0.2, 0) is 0 Å². The molecule has 0 aliphatic heterocycles. The highest BCUT2D eigenvalue weighted by molar-refractivity contribution is 9.10. The van der Waals surface area contributed by atoms with Crippen LogP contribution in [0.4, 0.5) is 0 Å². The molecule has 1 aromatic carbocycles. The van der Waals surface area contributed by atoms with Gasteiger partial charge in [0, 0.05) is 10.9 Å². The minimum atomic E-state index is -0.887. The molecule has 92 valence electrons. The molecule has 1 atom stereocenters. The van der Waals surface area contributed by atoms with E-state index in [0.717, 1.165) is 5.39 Å².